The summed E-state index contributed by atoms with van der Waals surface area (Å²) in [4.78, 5) is 53.7. The van der Waals surface area contributed by atoms with Crippen molar-refractivity contribution in [3.05, 3.63) is 36.0 Å². The van der Waals surface area contributed by atoms with Crippen molar-refractivity contribution in [1.29, 1.82) is 5.26 Å². The molecule has 1 aliphatic heterocycles. The second kappa shape index (κ2) is 14.1. The molecule has 0 saturated carbocycles. The molecular formula is C26H31F2N7O5. The van der Waals surface area contributed by atoms with Gasteiger partial charge in [-0.05, 0) is 30.7 Å². The van der Waals surface area contributed by atoms with Crippen molar-refractivity contribution < 1.29 is 32.7 Å². The SMILES string of the molecule is N#C[C@@H]1CC(F)(F)CN1C(=O)CNC(=O)c1ccnc2ccc(OCCNC(=O)CCCC(=O)NCCN)cc12. The number of carbonyl (C=O) groups excluding carboxylic acids is 4. The number of amides is 4. The van der Waals surface area contributed by atoms with Crippen LogP contribution in [0.4, 0.5) is 8.78 Å². The number of ether oxygens (including phenoxy) is 1. The van der Waals surface area contributed by atoms with E-state index in [2.05, 4.69) is 20.9 Å². The normalized spacial score (nSPS) is 15.8. The number of nitriles is 1. The van der Waals surface area contributed by atoms with Crippen LogP contribution in [0, 0.1) is 11.3 Å². The van der Waals surface area contributed by atoms with Gasteiger partial charge in [-0.2, -0.15) is 5.26 Å². The number of alkyl halides is 2. The number of benzene rings is 1. The zero-order valence-corrected chi connectivity index (χ0v) is 21.8. The van der Waals surface area contributed by atoms with E-state index in [1.807, 2.05) is 0 Å². The van der Waals surface area contributed by atoms with Crippen LogP contribution in [-0.4, -0.2) is 84.8 Å². The Morgan fingerprint density at radius 2 is 1.85 bits per heavy atom. The van der Waals surface area contributed by atoms with E-state index in [0.29, 0.717) is 36.2 Å². The van der Waals surface area contributed by atoms with Gasteiger partial charge < -0.3 is 31.3 Å². The molecule has 14 heteroatoms. The second-order valence-corrected chi connectivity index (χ2v) is 9.14. The monoisotopic (exact) mass is 559 g/mol. The van der Waals surface area contributed by atoms with E-state index in [-0.39, 0.29) is 43.4 Å². The van der Waals surface area contributed by atoms with Crippen molar-refractivity contribution in [3.63, 3.8) is 0 Å². The van der Waals surface area contributed by atoms with Gasteiger partial charge in [-0.3, -0.25) is 24.2 Å². The molecule has 0 aliphatic carbocycles. The highest BCUT2D eigenvalue weighted by atomic mass is 19.3. The Morgan fingerprint density at radius 1 is 1.12 bits per heavy atom. The van der Waals surface area contributed by atoms with Crippen LogP contribution >= 0.6 is 0 Å². The minimum Gasteiger partial charge on any atom is -0.492 e. The second-order valence-electron chi connectivity index (χ2n) is 9.14. The molecular weight excluding hydrogens is 528 g/mol. The maximum absolute atomic E-state index is 13.6. The highest BCUT2D eigenvalue weighted by molar-refractivity contribution is 6.07. The third kappa shape index (κ3) is 8.57. The van der Waals surface area contributed by atoms with E-state index in [0.717, 1.165) is 4.90 Å². The summed E-state index contributed by atoms with van der Waals surface area (Å²) in [6, 6.07) is 6.78. The van der Waals surface area contributed by atoms with Crippen LogP contribution in [0.5, 0.6) is 5.75 Å². The van der Waals surface area contributed by atoms with Crippen molar-refractivity contribution in [1.82, 2.24) is 25.8 Å². The topological polar surface area (TPSA) is 180 Å². The molecule has 1 saturated heterocycles. The number of nitrogens with one attached hydrogen (secondary N) is 3. The van der Waals surface area contributed by atoms with Gasteiger partial charge >= 0.3 is 0 Å². The lowest BCUT2D eigenvalue weighted by atomic mass is 10.1. The Labute approximate surface area is 229 Å². The molecule has 0 bridgehead atoms. The predicted octanol–water partition coefficient (Wildman–Crippen LogP) is 0.465. The third-order valence-corrected chi connectivity index (χ3v) is 6.06. The van der Waals surface area contributed by atoms with E-state index in [1.165, 1.54) is 12.3 Å². The number of pyridine rings is 1. The number of nitrogens with zero attached hydrogens (tertiary/aromatic N) is 3. The molecule has 4 amide bonds. The van der Waals surface area contributed by atoms with Crippen molar-refractivity contribution in [3.8, 4) is 11.8 Å². The summed E-state index contributed by atoms with van der Waals surface area (Å²) in [6.45, 7) is -0.310. The number of hydrogen-bond acceptors (Lipinski definition) is 8. The summed E-state index contributed by atoms with van der Waals surface area (Å²) < 4.78 is 33.0. The van der Waals surface area contributed by atoms with Crippen molar-refractivity contribution in [2.75, 3.05) is 39.3 Å². The molecule has 214 valence electrons. The predicted molar refractivity (Wildman–Crippen MR) is 139 cm³/mol. The average molecular weight is 560 g/mol. The standard InChI is InChI=1S/C26H31F2N7O5/c27-26(28)13-17(14-30)35(16-26)24(38)15-34-25(39)19-6-8-31-21-5-4-18(12-20(19)21)40-11-10-33-23(37)3-1-2-22(36)32-9-7-29/h4-6,8,12,17H,1-3,7,9-11,13,15-16,29H2,(H,32,36)(H,33,37)(H,34,39)/t17-/m0/s1. The van der Waals surface area contributed by atoms with Gasteiger partial charge in [-0.25, -0.2) is 8.78 Å². The Balaban J connectivity index is 1.50. The van der Waals surface area contributed by atoms with Crippen LogP contribution < -0.4 is 26.4 Å². The molecule has 12 nitrogen and oxygen atoms in total. The summed E-state index contributed by atoms with van der Waals surface area (Å²) in [5.41, 5.74) is 5.99. The number of hydrogen-bond donors (Lipinski definition) is 4. The number of halogens is 2. The maximum Gasteiger partial charge on any atom is 0.268 e. The summed E-state index contributed by atoms with van der Waals surface area (Å²) in [7, 11) is 0. The van der Waals surface area contributed by atoms with Crippen LogP contribution in [0.2, 0.25) is 0 Å². The number of likely N-dealkylation sites (tertiary alicyclic amines) is 1. The lowest BCUT2D eigenvalue weighted by molar-refractivity contribution is -0.131. The Morgan fingerprint density at radius 3 is 2.55 bits per heavy atom. The van der Waals surface area contributed by atoms with Gasteiger partial charge in [0.25, 0.3) is 11.8 Å². The third-order valence-electron chi connectivity index (χ3n) is 6.06. The lowest BCUT2D eigenvalue weighted by Gasteiger charge is -2.19. The molecule has 0 radical (unpaired) electrons. The van der Waals surface area contributed by atoms with E-state index in [9.17, 15) is 28.0 Å². The van der Waals surface area contributed by atoms with Gasteiger partial charge in [0.1, 0.15) is 18.4 Å². The molecule has 1 aliphatic rings. The molecule has 1 fully saturated rings. The molecule has 1 aromatic heterocycles. The van der Waals surface area contributed by atoms with E-state index in [4.69, 9.17) is 15.7 Å². The summed E-state index contributed by atoms with van der Waals surface area (Å²) in [6.07, 6.45) is 1.51. The van der Waals surface area contributed by atoms with Gasteiger partial charge in [-0.1, -0.05) is 0 Å². The van der Waals surface area contributed by atoms with Crippen LogP contribution in [0.25, 0.3) is 10.9 Å². The average Bonchev–Trinajstić information content (AvgIpc) is 3.26. The zero-order chi connectivity index (χ0) is 29.1. The van der Waals surface area contributed by atoms with Crippen LogP contribution in [0.1, 0.15) is 36.0 Å². The van der Waals surface area contributed by atoms with Crippen LogP contribution in [0.3, 0.4) is 0 Å². The number of fused-ring (bicyclic) bond motifs is 1. The van der Waals surface area contributed by atoms with E-state index < -0.39 is 43.3 Å². The van der Waals surface area contributed by atoms with Gasteiger partial charge in [0.05, 0.1) is 36.8 Å². The smallest absolute Gasteiger partial charge is 0.268 e. The molecule has 2 heterocycles. The fraction of sp³-hybridized carbons (Fsp3) is 0.462. The van der Waals surface area contributed by atoms with Crippen LogP contribution in [0.15, 0.2) is 30.5 Å². The number of nitrogens with two attached hydrogens (primary N) is 1. The molecule has 5 N–H and O–H groups in total. The first-order chi connectivity index (χ1) is 19.1. The lowest BCUT2D eigenvalue weighted by Crippen LogP contribution is -2.43. The minimum atomic E-state index is -3.15. The fourth-order valence-corrected chi connectivity index (χ4v) is 4.12. The first-order valence-electron chi connectivity index (χ1n) is 12.7. The van der Waals surface area contributed by atoms with E-state index in [1.54, 1.807) is 24.3 Å². The number of rotatable bonds is 13. The van der Waals surface area contributed by atoms with Gasteiger partial charge in [0.2, 0.25) is 17.7 Å². The molecule has 0 spiro atoms. The summed E-state index contributed by atoms with van der Waals surface area (Å²) in [5.74, 6) is -4.52. The highest BCUT2D eigenvalue weighted by Crippen LogP contribution is 2.31. The number of carbonyl (C=O) groups is 4. The molecule has 1 aromatic carbocycles. The molecule has 1 atom stereocenters. The van der Waals surface area contributed by atoms with Crippen molar-refractivity contribution in [2.45, 2.75) is 37.6 Å². The zero-order valence-electron chi connectivity index (χ0n) is 21.8. The van der Waals surface area contributed by atoms with Crippen molar-refractivity contribution in [2.24, 2.45) is 5.73 Å². The summed E-state index contributed by atoms with van der Waals surface area (Å²) >= 11 is 0. The number of aromatic nitrogens is 1. The highest BCUT2D eigenvalue weighted by Gasteiger charge is 2.47. The maximum atomic E-state index is 13.6. The minimum absolute atomic E-state index is 0.144. The fourth-order valence-electron chi connectivity index (χ4n) is 4.12. The Bertz CT molecular complexity index is 1280. The summed E-state index contributed by atoms with van der Waals surface area (Å²) in [5, 5.41) is 17.3. The van der Waals surface area contributed by atoms with Gasteiger partial charge in [0, 0.05) is 43.9 Å². The molecule has 3 rings (SSSR count). The quantitative estimate of drug-likeness (QED) is 0.256. The first-order valence-corrected chi connectivity index (χ1v) is 12.7. The van der Waals surface area contributed by atoms with E-state index >= 15 is 0 Å². The first kappa shape index (κ1) is 30.2. The van der Waals surface area contributed by atoms with Crippen molar-refractivity contribution >= 4 is 34.5 Å². The van der Waals surface area contributed by atoms with Gasteiger partial charge in [-0.15, -0.1) is 0 Å². The largest absolute Gasteiger partial charge is 0.492 e. The Hall–Kier alpha value is -4.38. The Kier molecular flexibility index (Phi) is 10.7. The van der Waals surface area contributed by atoms with Crippen LogP contribution in [-0.2, 0) is 14.4 Å². The van der Waals surface area contributed by atoms with Gasteiger partial charge in [0.15, 0.2) is 0 Å². The molecule has 40 heavy (non-hydrogen) atoms. The molecule has 0 unspecified atom stereocenters. The molecule has 2 aromatic rings.